The highest BCUT2D eigenvalue weighted by atomic mass is 32.1. The Balaban J connectivity index is 1.96. The number of pyridine rings is 1. The minimum absolute atomic E-state index is 0.0640. The maximum atomic E-state index is 11.8. The Labute approximate surface area is 124 Å². The van der Waals surface area contributed by atoms with Gasteiger partial charge in [0.2, 0.25) is 5.88 Å². The Morgan fingerprint density at radius 1 is 1.43 bits per heavy atom. The molecule has 110 valence electrons. The highest BCUT2D eigenvalue weighted by Crippen LogP contribution is 2.23. The first-order chi connectivity index (χ1) is 10.1. The zero-order valence-electron chi connectivity index (χ0n) is 11.1. The normalized spacial score (nSPS) is 9.95. The van der Waals surface area contributed by atoms with Crippen LogP contribution in [0.2, 0.25) is 0 Å². The maximum absolute atomic E-state index is 11.8. The minimum Gasteiger partial charge on any atom is -0.481 e. The summed E-state index contributed by atoms with van der Waals surface area (Å²) >= 11 is 1.15. The van der Waals surface area contributed by atoms with Gasteiger partial charge in [-0.05, 0) is 17.5 Å². The van der Waals surface area contributed by atoms with Crippen LogP contribution in [0.3, 0.4) is 0 Å². The number of anilines is 1. The quantitative estimate of drug-likeness (QED) is 0.786. The van der Waals surface area contributed by atoms with E-state index in [-0.39, 0.29) is 17.1 Å². The zero-order chi connectivity index (χ0) is 15.2. The number of methoxy groups -OCH3 is 1. The topological polar surface area (TPSA) is 101 Å². The molecule has 2 aromatic rings. The number of hydrogen-bond donors (Lipinski definition) is 3. The highest BCUT2D eigenvalue weighted by molar-refractivity contribution is 7.14. The molecule has 3 N–H and O–H groups in total. The third-order valence-corrected chi connectivity index (χ3v) is 3.44. The molecule has 0 aliphatic carbocycles. The molecule has 0 aromatic carbocycles. The maximum Gasteiger partial charge on any atom is 0.338 e. The molecule has 7 nitrogen and oxygen atoms in total. The van der Waals surface area contributed by atoms with E-state index in [0.29, 0.717) is 5.88 Å². The SMILES string of the molecule is COc1ncccc1CNC(=O)Nc1sccc1C(=O)O. The van der Waals surface area contributed by atoms with Gasteiger partial charge in [-0.2, -0.15) is 0 Å². The van der Waals surface area contributed by atoms with Gasteiger partial charge in [-0.3, -0.25) is 5.32 Å². The molecule has 0 aliphatic rings. The number of nitrogens with zero attached hydrogens (tertiary/aromatic N) is 1. The van der Waals surface area contributed by atoms with Gasteiger partial charge in [0.25, 0.3) is 0 Å². The van der Waals surface area contributed by atoms with Crippen LogP contribution in [0.5, 0.6) is 5.88 Å². The van der Waals surface area contributed by atoms with E-state index >= 15 is 0 Å². The van der Waals surface area contributed by atoms with E-state index < -0.39 is 12.0 Å². The molecule has 2 aromatic heterocycles. The van der Waals surface area contributed by atoms with Gasteiger partial charge in [-0.25, -0.2) is 14.6 Å². The highest BCUT2D eigenvalue weighted by Gasteiger charge is 2.14. The van der Waals surface area contributed by atoms with Crippen molar-refractivity contribution in [3.8, 4) is 5.88 Å². The lowest BCUT2D eigenvalue weighted by atomic mass is 10.2. The molecule has 8 heteroatoms. The second-order valence-corrected chi connectivity index (χ2v) is 4.86. The Hall–Kier alpha value is -2.61. The van der Waals surface area contributed by atoms with Gasteiger partial charge >= 0.3 is 12.0 Å². The average Bonchev–Trinajstić information content (AvgIpc) is 2.93. The Bertz CT molecular complexity index is 656. The number of aromatic nitrogens is 1. The van der Waals surface area contributed by atoms with E-state index in [1.807, 2.05) is 0 Å². The molecule has 0 spiro atoms. The van der Waals surface area contributed by atoms with Crippen molar-refractivity contribution in [1.82, 2.24) is 10.3 Å². The van der Waals surface area contributed by atoms with Gasteiger partial charge in [-0.15, -0.1) is 11.3 Å². The Morgan fingerprint density at radius 2 is 2.24 bits per heavy atom. The molecular weight excluding hydrogens is 294 g/mol. The van der Waals surface area contributed by atoms with E-state index in [2.05, 4.69) is 15.6 Å². The number of carbonyl (C=O) groups is 2. The van der Waals surface area contributed by atoms with E-state index in [0.717, 1.165) is 16.9 Å². The first-order valence-electron chi connectivity index (χ1n) is 5.95. The summed E-state index contributed by atoms with van der Waals surface area (Å²) in [6.07, 6.45) is 1.59. The average molecular weight is 307 g/mol. The summed E-state index contributed by atoms with van der Waals surface area (Å²) in [6.45, 7) is 0.219. The van der Waals surface area contributed by atoms with Crippen LogP contribution in [0, 0.1) is 0 Å². The predicted octanol–water partition coefficient (Wildman–Crippen LogP) is 2.17. The molecule has 0 saturated carbocycles. The summed E-state index contributed by atoms with van der Waals surface area (Å²) < 4.78 is 5.08. The van der Waals surface area contributed by atoms with Gasteiger partial charge in [0.05, 0.1) is 12.7 Å². The third kappa shape index (κ3) is 3.69. The molecule has 0 aliphatic heterocycles. The van der Waals surface area contributed by atoms with E-state index in [4.69, 9.17) is 9.84 Å². The Morgan fingerprint density at radius 3 is 2.95 bits per heavy atom. The largest absolute Gasteiger partial charge is 0.481 e. The van der Waals surface area contributed by atoms with Gasteiger partial charge in [0.1, 0.15) is 5.00 Å². The van der Waals surface area contributed by atoms with Gasteiger partial charge in [0.15, 0.2) is 0 Å². The van der Waals surface area contributed by atoms with Crippen LogP contribution >= 0.6 is 11.3 Å². The van der Waals surface area contributed by atoms with Crippen molar-refractivity contribution in [2.75, 3.05) is 12.4 Å². The second-order valence-electron chi connectivity index (χ2n) is 3.95. The molecular formula is C13H13N3O4S. The standard InChI is InChI=1S/C13H13N3O4S/c1-20-10-8(3-2-5-14-10)7-15-13(19)16-11-9(12(17)18)4-6-21-11/h2-6H,7H2,1H3,(H,17,18)(H2,15,16,19). The molecule has 0 fully saturated rings. The minimum atomic E-state index is -1.08. The number of ether oxygens (including phenoxy) is 1. The molecule has 0 bridgehead atoms. The van der Waals surface area contributed by atoms with E-state index in [1.54, 1.807) is 23.7 Å². The molecule has 2 rings (SSSR count). The number of amides is 2. The number of hydrogen-bond acceptors (Lipinski definition) is 5. The summed E-state index contributed by atoms with van der Waals surface area (Å²) in [6, 6.07) is 4.46. The van der Waals surface area contributed by atoms with Crippen LogP contribution in [0.15, 0.2) is 29.8 Å². The van der Waals surface area contributed by atoms with Crippen molar-refractivity contribution in [1.29, 1.82) is 0 Å². The van der Waals surface area contributed by atoms with Crippen LogP contribution in [-0.4, -0.2) is 29.2 Å². The fourth-order valence-electron chi connectivity index (χ4n) is 1.64. The number of thiophene rings is 1. The number of carbonyl (C=O) groups excluding carboxylic acids is 1. The van der Waals surface area contributed by atoms with Gasteiger partial charge in [-0.1, -0.05) is 6.07 Å². The lowest BCUT2D eigenvalue weighted by molar-refractivity contribution is 0.0698. The molecule has 2 amide bonds. The van der Waals surface area contributed by atoms with Crippen molar-refractivity contribution in [3.63, 3.8) is 0 Å². The monoisotopic (exact) mass is 307 g/mol. The van der Waals surface area contributed by atoms with Crippen molar-refractivity contribution < 1.29 is 19.4 Å². The zero-order valence-corrected chi connectivity index (χ0v) is 11.9. The van der Waals surface area contributed by atoms with Crippen LogP contribution in [0.25, 0.3) is 0 Å². The molecule has 0 saturated heterocycles. The van der Waals surface area contributed by atoms with E-state index in [9.17, 15) is 9.59 Å². The van der Waals surface area contributed by atoms with Crippen LogP contribution < -0.4 is 15.4 Å². The molecule has 0 atom stereocenters. The van der Waals surface area contributed by atoms with Crippen LogP contribution in [0.4, 0.5) is 9.80 Å². The fraction of sp³-hybridized carbons (Fsp3) is 0.154. The Kier molecular flexibility index (Phi) is 4.72. The second kappa shape index (κ2) is 6.71. The van der Waals surface area contributed by atoms with Crippen molar-refractivity contribution in [2.45, 2.75) is 6.54 Å². The third-order valence-electron chi connectivity index (χ3n) is 2.61. The summed E-state index contributed by atoms with van der Waals surface area (Å²) in [5.74, 6) is -0.652. The van der Waals surface area contributed by atoms with Crippen molar-refractivity contribution in [2.24, 2.45) is 0 Å². The number of rotatable bonds is 5. The summed E-state index contributed by atoms with van der Waals surface area (Å²) in [4.78, 5) is 26.7. The van der Waals surface area contributed by atoms with Crippen LogP contribution in [0.1, 0.15) is 15.9 Å². The van der Waals surface area contributed by atoms with Crippen molar-refractivity contribution in [3.05, 3.63) is 40.9 Å². The summed E-state index contributed by atoms with van der Waals surface area (Å²) in [5, 5.41) is 16.0. The van der Waals surface area contributed by atoms with Gasteiger partial charge < -0.3 is 15.2 Å². The smallest absolute Gasteiger partial charge is 0.338 e. The lowest BCUT2D eigenvalue weighted by Gasteiger charge is -2.09. The summed E-state index contributed by atoms with van der Waals surface area (Å²) in [7, 11) is 1.50. The van der Waals surface area contributed by atoms with Gasteiger partial charge in [0, 0.05) is 18.3 Å². The lowest BCUT2D eigenvalue weighted by Crippen LogP contribution is -2.28. The number of aromatic carboxylic acids is 1. The molecule has 0 radical (unpaired) electrons. The van der Waals surface area contributed by atoms with Crippen LogP contribution in [-0.2, 0) is 6.54 Å². The predicted molar refractivity (Wildman–Crippen MR) is 77.9 cm³/mol. The number of nitrogens with one attached hydrogen (secondary N) is 2. The first kappa shape index (κ1) is 14.8. The molecule has 0 unspecified atom stereocenters. The number of carboxylic acid groups (broad SMARTS) is 1. The molecule has 2 heterocycles. The fourth-order valence-corrected chi connectivity index (χ4v) is 2.41. The molecule has 21 heavy (non-hydrogen) atoms. The summed E-state index contributed by atoms with van der Waals surface area (Å²) in [5.41, 5.74) is 0.786. The van der Waals surface area contributed by atoms with E-state index in [1.165, 1.54) is 13.2 Å². The number of urea groups is 1. The number of carboxylic acids is 1. The first-order valence-corrected chi connectivity index (χ1v) is 6.83. The van der Waals surface area contributed by atoms with Crippen molar-refractivity contribution >= 4 is 28.3 Å².